The van der Waals surface area contributed by atoms with Crippen molar-refractivity contribution in [1.29, 1.82) is 0 Å². The number of nitrogens with one attached hydrogen (secondary N) is 1. The molecule has 1 atom stereocenters. The van der Waals surface area contributed by atoms with Crippen molar-refractivity contribution in [3.8, 4) is 5.75 Å². The molecule has 8 nitrogen and oxygen atoms in total. The summed E-state index contributed by atoms with van der Waals surface area (Å²) in [6.45, 7) is 5.42. The van der Waals surface area contributed by atoms with Crippen LogP contribution in [-0.2, 0) is 30.8 Å². The van der Waals surface area contributed by atoms with Crippen LogP contribution in [-0.4, -0.2) is 43.7 Å². The smallest absolute Gasteiger partial charge is 0.325 e. The van der Waals surface area contributed by atoms with E-state index in [0.717, 1.165) is 10.8 Å². The maximum atomic E-state index is 13.2. The predicted molar refractivity (Wildman–Crippen MR) is 136 cm³/mol. The Kier molecular flexibility index (Phi) is 8.70. The number of fused-ring (bicyclic) bond motifs is 1. The molecular weight excluding hydrogens is 482 g/mol. The minimum atomic E-state index is -4.03. The number of ether oxygens (including phenoxy) is 2. The van der Waals surface area contributed by atoms with Gasteiger partial charge in [-0.2, -0.15) is 4.72 Å². The lowest BCUT2D eigenvalue weighted by atomic mass is 10.1. The van der Waals surface area contributed by atoms with Gasteiger partial charge in [-0.05, 0) is 74.2 Å². The highest BCUT2D eigenvalue weighted by molar-refractivity contribution is 7.89. The van der Waals surface area contributed by atoms with Crippen molar-refractivity contribution < 1.29 is 32.6 Å². The van der Waals surface area contributed by atoms with Gasteiger partial charge in [0.1, 0.15) is 17.4 Å². The van der Waals surface area contributed by atoms with Crippen molar-refractivity contribution >= 4 is 32.7 Å². The van der Waals surface area contributed by atoms with E-state index >= 15 is 0 Å². The summed E-state index contributed by atoms with van der Waals surface area (Å²) >= 11 is 0. The Morgan fingerprint density at radius 3 is 2.28 bits per heavy atom. The topological polar surface area (TPSA) is 119 Å². The Balaban J connectivity index is 1.77. The summed E-state index contributed by atoms with van der Waals surface area (Å²) in [5, 5.41) is 10.4. The fourth-order valence-corrected chi connectivity index (χ4v) is 4.73. The van der Waals surface area contributed by atoms with Crippen LogP contribution in [0.4, 0.5) is 0 Å². The molecule has 0 aliphatic rings. The summed E-state index contributed by atoms with van der Waals surface area (Å²) in [5.74, 6) is -1.01. The highest BCUT2D eigenvalue weighted by Gasteiger charge is 2.30. The largest absolute Gasteiger partial charge is 0.494 e. The van der Waals surface area contributed by atoms with Crippen LogP contribution < -0.4 is 9.46 Å². The molecule has 3 aromatic carbocycles. The zero-order valence-electron chi connectivity index (χ0n) is 20.6. The quantitative estimate of drug-likeness (QED) is 0.290. The lowest BCUT2D eigenvalue weighted by Gasteiger charge is -2.24. The number of sulfonamides is 1. The zero-order valence-corrected chi connectivity index (χ0v) is 21.4. The normalized spacial score (nSPS) is 12.8. The fourth-order valence-electron chi connectivity index (χ4n) is 3.51. The zero-order chi connectivity index (χ0) is 26.3. The van der Waals surface area contributed by atoms with Gasteiger partial charge in [0.25, 0.3) is 0 Å². The fraction of sp³-hybridized carbons (Fsp3) is 0.333. The lowest BCUT2D eigenvalue weighted by Crippen LogP contribution is -2.45. The van der Waals surface area contributed by atoms with Gasteiger partial charge in [0.2, 0.25) is 10.0 Å². The number of carboxylic acid groups (broad SMARTS) is 1. The number of carbonyl (C=O) groups is 2. The average Bonchev–Trinajstić information content (AvgIpc) is 2.80. The third kappa shape index (κ3) is 8.07. The summed E-state index contributed by atoms with van der Waals surface area (Å²) in [6.07, 6.45) is 0.475. The van der Waals surface area contributed by atoms with Gasteiger partial charge < -0.3 is 14.6 Å². The van der Waals surface area contributed by atoms with Gasteiger partial charge >= 0.3 is 11.9 Å². The molecule has 0 unspecified atom stereocenters. The van der Waals surface area contributed by atoms with Gasteiger partial charge in [-0.15, -0.1) is 0 Å². The van der Waals surface area contributed by atoms with Crippen LogP contribution in [0.3, 0.4) is 0 Å². The number of carboxylic acids is 1. The maximum absolute atomic E-state index is 13.2. The van der Waals surface area contributed by atoms with Crippen molar-refractivity contribution in [2.45, 2.75) is 56.6 Å². The second-order valence-electron chi connectivity index (χ2n) is 9.41. The Bertz CT molecular complexity index is 1310. The number of hydrogen-bond donors (Lipinski definition) is 2. The van der Waals surface area contributed by atoms with Gasteiger partial charge in [-0.1, -0.05) is 42.5 Å². The second-order valence-corrected chi connectivity index (χ2v) is 11.1. The first-order valence-electron chi connectivity index (χ1n) is 11.6. The van der Waals surface area contributed by atoms with Gasteiger partial charge in [0, 0.05) is 6.42 Å². The first-order chi connectivity index (χ1) is 16.9. The molecule has 3 aromatic rings. The minimum Gasteiger partial charge on any atom is -0.494 e. The Labute approximate surface area is 211 Å². The van der Waals surface area contributed by atoms with Crippen molar-refractivity contribution in [2.75, 3.05) is 6.61 Å². The maximum Gasteiger partial charge on any atom is 0.325 e. The highest BCUT2D eigenvalue weighted by atomic mass is 32.2. The molecule has 0 aromatic heterocycles. The summed E-state index contributed by atoms with van der Waals surface area (Å²) in [4.78, 5) is 23.6. The molecule has 2 N–H and O–H groups in total. The monoisotopic (exact) mass is 513 g/mol. The molecule has 0 saturated carbocycles. The van der Waals surface area contributed by atoms with Crippen molar-refractivity contribution in [2.24, 2.45) is 0 Å². The molecule has 0 aliphatic carbocycles. The number of hydrogen-bond acceptors (Lipinski definition) is 6. The van der Waals surface area contributed by atoms with Crippen LogP contribution >= 0.6 is 0 Å². The third-order valence-electron chi connectivity index (χ3n) is 5.19. The van der Waals surface area contributed by atoms with Crippen LogP contribution in [0, 0.1) is 0 Å². The van der Waals surface area contributed by atoms with Crippen LogP contribution in [0.5, 0.6) is 5.75 Å². The molecule has 9 heteroatoms. The molecule has 36 heavy (non-hydrogen) atoms. The predicted octanol–water partition coefficient (Wildman–Crippen LogP) is 4.31. The van der Waals surface area contributed by atoms with Crippen LogP contribution in [0.2, 0.25) is 0 Å². The van der Waals surface area contributed by atoms with Crippen molar-refractivity contribution in [3.63, 3.8) is 0 Å². The van der Waals surface area contributed by atoms with E-state index in [1.54, 1.807) is 57.2 Å². The third-order valence-corrected chi connectivity index (χ3v) is 6.66. The molecule has 0 bridgehead atoms. The van der Waals surface area contributed by atoms with E-state index in [1.807, 2.05) is 24.3 Å². The lowest BCUT2D eigenvalue weighted by molar-refractivity contribution is -0.156. The Hall–Kier alpha value is -3.43. The standard InChI is InChI=1S/C27H31NO7S/c1-27(2,3)35-26(31)24(17-19-10-13-22(14-11-19)34-16-6-9-25(29)30)28-36(32,33)23-15-12-20-7-4-5-8-21(20)18-23/h4-5,7-8,10-15,18,24,28H,6,9,16-17H2,1-3H3,(H,29,30)/t24-/m0/s1. The summed E-state index contributed by atoms with van der Waals surface area (Å²) in [7, 11) is -4.03. The number of rotatable bonds is 11. The summed E-state index contributed by atoms with van der Waals surface area (Å²) < 4.78 is 40.0. The molecule has 192 valence electrons. The van der Waals surface area contributed by atoms with Crippen LogP contribution in [0.15, 0.2) is 71.6 Å². The molecule has 3 rings (SSSR count). The Morgan fingerprint density at radius 2 is 1.64 bits per heavy atom. The first kappa shape index (κ1) is 27.2. The number of esters is 1. The molecule has 0 aliphatic heterocycles. The van der Waals surface area contributed by atoms with Crippen molar-refractivity contribution in [3.05, 3.63) is 72.3 Å². The van der Waals surface area contributed by atoms with Crippen LogP contribution in [0.25, 0.3) is 10.8 Å². The molecule has 0 amide bonds. The second kappa shape index (κ2) is 11.5. The molecule has 0 radical (unpaired) electrons. The average molecular weight is 514 g/mol. The Morgan fingerprint density at radius 1 is 0.972 bits per heavy atom. The number of carbonyl (C=O) groups excluding carboxylic acids is 1. The van der Waals surface area contributed by atoms with Gasteiger partial charge in [-0.25, -0.2) is 8.42 Å². The molecule has 0 saturated heterocycles. The molecular formula is C27H31NO7S. The van der Waals surface area contributed by atoms with Gasteiger partial charge in [0.15, 0.2) is 0 Å². The van der Waals surface area contributed by atoms with Gasteiger partial charge in [-0.3, -0.25) is 9.59 Å². The van der Waals surface area contributed by atoms with E-state index in [4.69, 9.17) is 14.6 Å². The van der Waals surface area contributed by atoms with Crippen molar-refractivity contribution in [1.82, 2.24) is 4.72 Å². The number of benzene rings is 3. The van der Waals surface area contributed by atoms with E-state index < -0.39 is 33.6 Å². The molecule has 0 heterocycles. The van der Waals surface area contributed by atoms with E-state index in [1.165, 1.54) is 6.07 Å². The van der Waals surface area contributed by atoms with E-state index in [0.29, 0.717) is 17.7 Å². The van der Waals surface area contributed by atoms with Crippen LogP contribution in [0.1, 0.15) is 39.2 Å². The van der Waals surface area contributed by atoms with Gasteiger partial charge in [0.05, 0.1) is 11.5 Å². The molecule has 0 fully saturated rings. The SMILES string of the molecule is CC(C)(C)OC(=O)[C@H](Cc1ccc(OCCCC(=O)O)cc1)NS(=O)(=O)c1ccc2ccccc2c1. The highest BCUT2D eigenvalue weighted by Crippen LogP contribution is 2.21. The van der Waals surface area contributed by atoms with E-state index in [2.05, 4.69) is 4.72 Å². The van der Waals surface area contributed by atoms with E-state index in [9.17, 15) is 18.0 Å². The number of aliphatic carboxylic acids is 1. The first-order valence-corrected chi connectivity index (χ1v) is 13.1. The van der Waals surface area contributed by atoms with E-state index in [-0.39, 0.29) is 24.3 Å². The summed E-state index contributed by atoms with van der Waals surface area (Å²) in [6, 6.07) is 17.9. The molecule has 0 spiro atoms. The minimum absolute atomic E-state index is 0.0208. The summed E-state index contributed by atoms with van der Waals surface area (Å²) in [5.41, 5.74) is -0.0952.